The van der Waals surface area contributed by atoms with Crippen molar-refractivity contribution in [3.8, 4) is 11.3 Å². The number of hydrogen-bond acceptors (Lipinski definition) is 2. The Morgan fingerprint density at radius 3 is 2.67 bits per heavy atom. The molecule has 1 aromatic carbocycles. The number of aromatic amines is 1. The predicted octanol–water partition coefficient (Wildman–Crippen LogP) is 2.59. The zero-order valence-corrected chi connectivity index (χ0v) is 8.15. The first-order valence-electron chi connectivity index (χ1n) is 4.04. The normalized spacial score (nSPS) is 10.6. The molecular weight excluding hydrogens is 224 g/mol. The zero-order valence-electron chi connectivity index (χ0n) is 7.39. The first-order chi connectivity index (χ1) is 7.09. The number of H-pyrrole nitrogens is 1. The summed E-state index contributed by atoms with van der Waals surface area (Å²) < 4.78 is 25.9. The number of anilines is 1. The summed E-state index contributed by atoms with van der Waals surface area (Å²) in [5.41, 5.74) is 6.14. The largest absolute Gasteiger partial charge is 0.382 e. The predicted molar refractivity (Wildman–Crippen MR) is 53.4 cm³/mol. The summed E-state index contributed by atoms with van der Waals surface area (Å²) in [6.45, 7) is 0. The lowest BCUT2D eigenvalue weighted by Crippen LogP contribution is -1.89. The highest BCUT2D eigenvalue weighted by Crippen LogP contribution is 2.30. The number of nitrogens with one attached hydrogen (secondary N) is 1. The molecule has 3 N–H and O–H groups in total. The number of nitrogens with zero attached hydrogens (tertiary/aromatic N) is 1. The van der Waals surface area contributed by atoms with E-state index in [4.69, 9.17) is 17.3 Å². The van der Waals surface area contributed by atoms with Gasteiger partial charge in [0.15, 0.2) is 11.6 Å². The molecule has 0 amide bonds. The van der Waals surface area contributed by atoms with Gasteiger partial charge in [0.1, 0.15) is 5.82 Å². The highest BCUT2D eigenvalue weighted by molar-refractivity contribution is 6.33. The van der Waals surface area contributed by atoms with Crippen molar-refractivity contribution in [2.24, 2.45) is 0 Å². The van der Waals surface area contributed by atoms with Crippen LogP contribution in [0, 0.1) is 11.6 Å². The molecule has 1 aromatic heterocycles. The summed E-state index contributed by atoms with van der Waals surface area (Å²) in [4.78, 5) is 0. The Morgan fingerprint density at radius 1 is 1.33 bits per heavy atom. The SMILES string of the molecule is Nc1cc(-c2ccc(F)c(F)c2Cl)[nH]n1. The summed E-state index contributed by atoms with van der Waals surface area (Å²) in [6.07, 6.45) is 0. The summed E-state index contributed by atoms with van der Waals surface area (Å²) in [5.74, 6) is -1.82. The molecule has 0 spiro atoms. The Kier molecular flexibility index (Phi) is 2.32. The summed E-state index contributed by atoms with van der Waals surface area (Å²) in [7, 11) is 0. The topological polar surface area (TPSA) is 54.7 Å². The first kappa shape index (κ1) is 9.92. The van der Waals surface area contributed by atoms with Gasteiger partial charge in [-0.25, -0.2) is 8.78 Å². The molecule has 0 atom stereocenters. The number of rotatable bonds is 1. The molecule has 0 saturated heterocycles. The Morgan fingerprint density at radius 2 is 2.07 bits per heavy atom. The van der Waals surface area contributed by atoms with E-state index in [1.165, 1.54) is 12.1 Å². The zero-order chi connectivity index (χ0) is 11.0. The Bertz CT molecular complexity index is 510. The fourth-order valence-electron chi connectivity index (χ4n) is 1.21. The van der Waals surface area contributed by atoms with Gasteiger partial charge in [0.05, 0.1) is 10.7 Å². The van der Waals surface area contributed by atoms with Crippen LogP contribution in [0.1, 0.15) is 0 Å². The Hall–Kier alpha value is -1.62. The number of halogens is 3. The number of hydrogen-bond donors (Lipinski definition) is 2. The molecule has 2 aromatic rings. The molecule has 0 unspecified atom stereocenters. The summed E-state index contributed by atoms with van der Waals surface area (Å²) >= 11 is 5.64. The van der Waals surface area contributed by atoms with Crippen molar-refractivity contribution in [1.29, 1.82) is 0 Å². The van der Waals surface area contributed by atoms with Gasteiger partial charge in [-0.05, 0) is 12.1 Å². The van der Waals surface area contributed by atoms with Gasteiger partial charge in [-0.2, -0.15) is 5.10 Å². The quantitative estimate of drug-likeness (QED) is 0.739. The second-order valence-electron chi connectivity index (χ2n) is 2.93. The first-order valence-corrected chi connectivity index (χ1v) is 4.42. The number of benzene rings is 1. The van der Waals surface area contributed by atoms with Crippen molar-refractivity contribution in [1.82, 2.24) is 10.2 Å². The van der Waals surface area contributed by atoms with Gasteiger partial charge in [-0.15, -0.1) is 0 Å². The molecule has 0 aliphatic heterocycles. The van der Waals surface area contributed by atoms with E-state index in [1.807, 2.05) is 0 Å². The van der Waals surface area contributed by atoms with Crippen LogP contribution in [0.25, 0.3) is 11.3 Å². The minimum Gasteiger partial charge on any atom is -0.382 e. The van der Waals surface area contributed by atoms with Crippen molar-refractivity contribution in [3.05, 3.63) is 34.9 Å². The van der Waals surface area contributed by atoms with Crippen LogP contribution in [-0.2, 0) is 0 Å². The molecule has 15 heavy (non-hydrogen) atoms. The van der Waals surface area contributed by atoms with Crippen molar-refractivity contribution < 1.29 is 8.78 Å². The van der Waals surface area contributed by atoms with Crippen LogP contribution in [0.2, 0.25) is 5.02 Å². The van der Waals surface area contributed by atoms with Gasteiger partial charge >= 0.3 is 0 Å². The van der Waals surface area contributed by atoms with Gasteiger partial charge in [-0.3, -0.25) is 5.10 Å². The average Bonchev–Trinajstić information content (AvgIpc) is 2.61. The smallest absolute Gasteiger partial charge is 0.178 e. The molecule has 2 rings (SSSR count). The van der Waals surface area contributed by atoms with Gasteiger partial charge in [-0.1, -0.05) is 11.6 Å². The monoisotopic (exact) mass is 229 g/mol. The lowest BCUT2D eigenvalue weighted by atomic mass is 10.1. The molecule has 0 saturated carbocycles. The van der Waals surface area contributed by atoms with E-state index < -0.39 is 11.6 Å². The lowest BCUT2D eigenvalue weighted by Gasteiger charge is -2.02. The Balaban J connectivity index is 2.59. The minimum atomic E-state index is -1.08. The number of nitrogen functional groups attached to an aromatic ring is 1. The van der Waals surface area contributed by atoms with Crippen LogP contribution in [0.3, 0.4) is 0 Å². The molecule has 0 fully saturated rings. The third-order valence-electron chi connectivity index (χ3n) is 1.92. The van der Waals surface area contributed by atoms with Gasteiger partial charge < -0.3 is 5.73 Å². The van der Waals surface area contributed by atoms with Crippen molar-refractivity contribution in [2.45, 2.75) is 0 Å². The van der Waals surface area contributed by atoms with Crippen LogP contribution in [0.5, 0.6) is 0 Å². The van der Waals surface area contributed by atoms with Gasteiger partial charge in [0, 0.05) is 11.6 Å². The van der Waals surface area contributed by atoms with Crippen molar-refractivity contribution in [2.75, 3.05) is 5.73 Å². The van der Waals surface area contributed by atoms with E-state index in [2.05, 4.69) is 10.2 Å². The maximum atomic E-state index is 13.1. The number of aromatic nitrogens is 2. The summed E-state index contributed by atoms with van der Waals surface area (Å²) in [6, 6.07) is 3.83. The maximum absolute atomic E-state index is 13.1. The molecule has 3 nitrogen and oxygen atoms in total. The molecule has 0 aliphatic carbocycles. The maximum Gasteiger partial charge on any atom is 0.178 e. The molecular formula is C9H6ClF2N3. The average molecular weight is 230 g/mol. The summed E-state index contributed by atoms with van der Waals surface area (Å²) in [5, 5.41) is 5.93. The van der Waals surface area contributed by atoms with E-state index in [0.717, 1.165) is 6.07 Å². The highest BCUT2D eigenvalue weighted by Gasteiger charge is 2.14. The van der Waals surface area contributed by atoms with Crippen molar-refractivity contribution in [3.63, 3.8) is 0 Å². The van der Waals surface area contributed by atoms with Gasteiger partial charge in [0.2, 0.25) is 0 Å². The van der Waals surface area contributed by atoms with Crippen LogP contribution >= 0.6 is 11.6 Å². The molecule has 78 valence electrons. The second kappa shape index (κ2) is 3.51. The fraction of sp³-hybridized carbons (Fsp3) is 0. The highest BCUT2D eigenvalue weighted by atomic mass is 35.5. The lowest BCUT2D eigenvalue weighted by molar-refractivity contribution is 0.509. The minimum absolute atomic E-state index is 0.255. The fourth-order valence-corrected chi connectivity index (χ4v) is 1.46. The van der Waals surface area contributed by atoms with E-state index in [0.29, 0.717) is 11.3 Å². The van der Waals surface area contributed by atoms with Gasteiger partial charge in [0.25, 0.3) is 0 Å². The standard InChI is InChI=1S/C9H6ClF2N3/c10-8-4(1-2-5(11)9(8)12)6-3-7(13)15-14-6/h1-3H,(H3,13,14,15). The third kappa shape index (κ3) is 1.66. The molecule has 0 radical (unpaired) electrons. The van der Waals surface area contributed by atoms with Crippen LogP contribution < -0.4 is 5.73 Å². The van der Waals surface area contributed by atoms with Crippen LogP contribution in [-0.4, -0.2) is 10.2 Å². The van der Waals surface area contributed by atoms with E-state index in [1.54, 1.807) is 0 Å². The van der Waals surface area contributed by atoms with Crippen molar-refractivity contribution >= 4 is 17.4 Å². The second-order valence-corrected chi connectivity index (χ2v) is 3.31. The molecule has 1 heterocycles. The molecule has 0 bridgehead atoms. The third-order valence-corrected chi connectivity index (χ3v) is 2.29. The molecule has 6 heteroatoms. The van der Waals surface area contributed by atoms with Crippen LogP contribution in [0.4, 0.5) is 14.6 Å². The number of nitrogens with two attached hydrogens (primary N) is 1. The van der Waals surface area contributed by atoms with E-state index in [9.17, 15) is 8.78 Å². The van der Waals surface area contributed by atoms with Crippen LogP contribution in [0.15, 0.2) is 18.2 Å². The Labute approximate surface area is 88.9 Å². The van der Waals surface area contributed by atoms with E-state index >= 15 is 0 Å². The molecule has 0 aliphatic rings. The van der Waals surface area contributed by atoms with E-state index in [-0.39, 0.29) is 10.8 Å².